The van der Waals surface area contributed by atoms with Crippen LogP contribution < -0.4 is 10.1 Å². The average Bonchev–Trinajstić information content (AvgIpc) is 2.84. The lowest BCUT2D eigenvalue weighted by Gasteiger charge is -2.06. The van der Waals surface area contributed by atoms with E-state index in [1.54, 1.807) is 6.07 Å². The SMILES string of the molecule is N#CCCNC(=O)COc1ccc2[nH]ccc2c1. The first-order valence-corrected chi connectivity index (χ1v) is 5.63. The normalized spacial score (nSPS) is 9.94. The van der Waals surface area contributed by atoms with Crippen LogP contribution in [0.2, 0.25) is 0 Å². The fraction of sp³-hybridized carbons (Fsp3) is 0.231. The summed E-state index contributed by atoms with van der Waals surface area (Å²) in [5.74, 6) is 0.428. The van der Waals surface area contributed by atoms with Crippen molar-refractivity contribution in [3.63, 3.8) is 0 Å². The number of nitrogens with one attached hydrogen (secondary N) is 2. The molecule has 0 aliphatic rings. The van der Waals surface area contributed by atoms with Crippen molar-refractivity contribution >= 4 is 16.8 Å². The van der Waals surface area contributed by atoms with Gasteiger partial charge in [0.15, 0.2) is 6.61 Å². The molecule has 1 amide bonds. The molecule has 0 aliphatic carbocycles. The van der Waals surface area contributed by atoms with Crippen LogP contribution in [0.5, 0.6) is 5.75 Å². The van der Waals surface area contributed by atoms with Gasteiger partial charge in [-0.2, -0.15) is 5.26 Å². The Bertz CT molecular complexity index is 583. The molecular formula is C13H13N3O2. The van der Waals surface area contributed by atoms with Crippen LogP contribution in [-0.2, 0) is 4.79 Å². The van der Waals surface area contributed by atoms with E-state index in [1.165, 1.54) is 0 Å². The van der Waals surface area contributed by atoms with E-state index in [0.717, 1.165) is 10.9 Å². The predicted molar refractivity (Wildman–Crippen MR) is 67.0 cm³/mol. The Balaban J connectivity index is 1.86. The molecule has 0 fully saturated rings. The Morgan fingerprint density at radius 3 is 3.17 bits per heavy atom. The summed E-state index contributed by atoms with van der Waals surface area (Å²) in [6, 6.07) is 9.47. The molecule has 0 unspecified atom stereocenters. The molecule has 1 aromatic carbocycles. The van der Waals surface area contributed by atoms with Crippen LogP contribution in [0, 0.1) is 11.3 Å². The van der Waals surface area contributed by atoms with Crippen LogP contribution in [0.4, 0.5) is 0 Å². The number of benzene rings is 1. The van der Waals surface area contributed by atoms with Crippen molar-refractivity contribution in [2.75, 3.05) is 13.2 Å². The lowest BCUT2D eigenvalue weighted by Crippen LogP contribution is -2.29. The van der Waals surface area contributed by atoms with Gasteiger partial charge in [0.1, 0.15) is 5.75 Å². The fourth-order valence-electron chi connectivity index (χ4n) is 1.58. The molecule has 0 aliphatic heterocycles. The number of H-pyrrole nitrogens is 1. The lowest BCUT2D eigenvalue weighted by atomic mass is 10.2. The Morgan fingerprint density at radius 1 is 1.44 bits per heavy atom. The van der Waals surface area contributed by atoms with Gasteiger partial charge in [0.25, 0.3) is 5.91 Å². The van der Waals surface area contributed by atoms with Crippen molar-refractivity contribution in [2.24, 2.45) is 0 Å². The van der Waals surface area contributed by atoms with Crippen LogP contribution in [0.15, 0.2) is 30.5 Å². The highest BCUT2D eigenvalue weighted by atomic mass is 16.5. The number of hydrogen-bond acceptors (Lipinski definition) is 3. The number of fused-ring (bicyclic) bond motifs is 1. The molecule has 0 saturated heterocycles. The van der Waals surface area contributed by atoms with Gasteiger partial charge in [-0.3, -0.25) is 4.79 Å². The minimum Gasteiger partial charge on any atom is -0.484 e. The number of aromatic amines is 1. The zero-order valence-corrected chi connectivity index (χ0v) is 9.77. The standard InChI is InChI=1S/C13H13N3O2/c14-5-1-6-16-13(17)9-18-11-2-3-12-10(8-11)4-7-15-12/h2-4,7-8,15H,1,6,9H2,(H,16,17). The number of carbonyl (C=O) groups is 1. The molecule has 2 rings (SSSR count). The smallest absolute Gasteiger partial charge is 0.257 e. The van der Waals surface area contributed by atoms with Gasteiger partial charge in [-0.05, 0) is 24.3 Å². The molecule has 2 aromatic rings. The summed E-state index contributed by atoms with van der Waals surface area (Å²) in [6.07, 6.45) is 2.16. The molecule has 0 atom stereocenters. The number of aromatic nitrogens is 1. The molecule has 92 valence electrons. The molecule has 0 saturated carbocycles. The molecule has 1 heterocycles. The second kappa shape index (κ2) is 5.73. The third kappa shape index (κ3) is 3.01. The van der Waals surface area contributed by atoms with Crippen LogP contribution in [0.1, 0.15) is 6.42 Å². The van der Waals surface area contributed by atoms with E-state index in [-0.39, 0.29) is 12.5 Å². The van der Waals surface area contributed by atoms with Gasteiger partial charge in [0.2, 0.25) is 0 Å². The molecular weight excluding hydrogens is 230 g/mol. The minimum atomic E-state index is -0.223. The molecule has 0 radical (unpaired) electrons. The van der Waals surface area contributed by atoms with E-state index >= 15 is 0 Å². The number of amides is 1. The zero-order chi connectivity index (χ0) is 12.8. The molecule has 5 nitrogen and oxygen atoms in total. The summed E-state index contributed by atoms with van der Waals surface area (Å²) in [7, 11) is 0. The summed E-state index contributed by atoms with van der Waals surface area (Å²) in [5.41, 5.74) is 1.03. The Kier molecular flexibility index (Phi) is 3.82. The Labute approximate surface area is 104 Å². The maximum atomic E-state index is 11.4. The lowest BCUT2D eigenvalue weighted by molar-refractivity contribution is -0.123. The van der Waals surface area contributed by atoms with Gasteiger partial charge in [0, 0.05) is 23.6 Å². The van der Waals surface area contributed by atoms with Gasteiger partial charge < -0.3 is 15.0 Å². The maximum absolute atomic E-state index is 11.4. The monoisotopic (exact) mass is 243 g/mol. The average molecular weight is 243 g/mol. The predicted octanol–water partition coefficient (Wildman–Crippen LogP) is 1.58. The number of nitrogens with zero attached hydrogens (tertiary/aromatic N) is 1. The van der Waals surface area contributed by atoms with Crippen LogP contribution in [-0.4, -0.2) is 24.0 Å². The number of ether oxygens (including phenoxy) is 1. The first kappa shape index (κ1) is 12.0. The topological polar surface area (TPSA) is 77.9 Å². The second-order valence-electron chi connectivity index (χ2n) is 3.77. The summed E-state index contributed by atoms with van der Waals surface area (Å²) in [4.78, 5) is 14.4. The van der Waals surface area contributed by atoms with E-state index in [9.17, 15) is 4.79 Å². The number of nitriles is 1. The van der Waals surface area contributed by atoms with E-state index in [0.29, 0.717) is 18.7 Å². The van der Waals surface area contributed by atoms with Crippen molar-refractivity contribution in [1.82, 2.24) is 10.3 Å². The van der Waals surface area contributed by atoms with Gasteiger partial charge in [0.05, 0.1) is 12.5 Å². The molecule has 0 spiro atoms. The van der Waals surface area contributed by atoms with Crippen molar-refractivity contribution in [3.8, 4) is 11.8 Å². The van der Waals surface area contributed by atoms with Crippen molar-refractivity contribution in [2.45, 2.75) is 6.42 Å². The van der Waals surface area contributed by atoms with Crippen molar-refractivity contribution < 1.29 is 9.53 Å². The third-order valence-corrected chi connectivity index (χ3v) is 2.45. The summed E-state index contributed by atoms with van der Waals surface area (Å²) in [5, 5.41) is 12.0. The molecule has 0 bridgehead atoms. The zero-order valence-electron chi connectivity index (χ0n) is 9.77. The number of hydrogen-bond donors (Lipinski definition) is 2. The largest absolute Gasteiger partial charge is 0.484 e. The van der Waals surface area contributed by atoms with E-state index in [1.807, 2.05) is 30.5 Å². The van der Waals surface area contributed by atoms with Crippen LogP contribution >= 0.6 is 0 Å². The second-order valence-corrected chi connectivity index (χ2v) is 3.77. The Morgan fingerprint density at radius 2 is 2.33 bits per heavy atom. The van der Waals surface area contributed by atoms with E-state index < -0.39 is 0 Å². The molecule has 2 N–H and O–H groups in total. The first-order chi connectivity index (χ1) is 8.79. The van der Waals surface area contributed by atoms with Crippen molar-refractivity contribution in [3.05, 3.63) is 30.5 Å². The minimum absolute atomic E-state index is 0.0403. The summed E-state index contributed by atoms with van der Waals surface area (Å²) in [6.45, 7) is 0.316. The van der Waals surface area contributed by atoms with Crippen molar-refractivity contribution in [1.29, 1.82) is 5.26 Å². The molecule has 5 heteroatoms. The van der Waals surface area contributed by atoms with Crippen LogP contribution in [0.3, 0.4) is 0 Å². The highest BCUT2D eigenvalue weighted by molar-refractivity contribution is 5.81. The molecule has 1 aromatic heterocycles. The first-order valence-electron chi connectivity index (χ1n) is 5.63. The van der Waals surface area contributed by atoms with E-state index in [4.69, 9.17) is 10.00 Å². The fourth-order valence-corrected chi connectivity index (χ4v) is 1.58. The number of rotatable bonds is 5. The Hall–Kier alpha value is -2.48. The van der Waals surface area contributed by atoms with Crippen LogP contribution in [0.25, 0.3) is 10.9 Å². The summed E-state index contributed by atoms with van der Waals surface area (Å²) < 4.78 is 5.37. The highest BCUT2D eigenvalue weighted by Crippen LogP contribution is 2.19. The quantitative estimate of drug-likeness (QED) is 0.782. The summed E-state index contributed by atoms with van der Waals surface area (Å²) >= 11 is 0. The number of carbonyl (C=O) groups excluding carboxylic acids is 1. The highest BCUT2D eigenvalue weighted by Gasteiger charge is 2.03. The third-order valence-electron chi connectivity index (χ3n) is 2.45. The van der Waals surface area contributed by atoms with E-state index in [2.05, 4.69) is 10.3 Å². The van der Waals surface area contributed by atoms with Gasteiger partial charge in [-0.15, -0.1) is 0 Å². The van der Waals surface area contributed by atoms with Gasteiger partial charge >= 0.3 is 0 Å². The molecule has 18 heavy (non-hydrogen) atoms. The van der Waals surface area contributed by atoms with Gasteiger partial charge in [-0.25, -0.2) is 0 Å². The maximum Gasteiger partial charge on any atom is 0.257 e. The van der Waals surface area contributed by atoms with Gasteiger partial charge in [-0.1, -0.05) is 0 Å².